The number of ether oxygens (including phenoxy) is 2. The normalized spacial score (nSPS) is 14.4. The molecule has 0 bridgehead atoms. The van der Waals surface area contributed by atoms with Crippen LogP contribution >= 0.6 is 22.6 Å². The molecule has 102 valence electrons. The van der Waals surface area contributed by atoms with Gasteiger partial charge in [0.15, 0.2) is 0 Å². The largest absolute Gasteiger partial charge is 0.525 e. The van der Waals surface area contributed by atoms with Crippen LogP contribution in [0.25, 0.3) is 0 Å². The highest BCUT2D eigenvalue weighted by Gasteiger charge is 2.50. The molecular formula is C9H5F6IO2. The molecular weight excluding hydrogens is 381 g/mol. The number of benzene rings is 1. The van der Waals surface area contributed by atoms with E-state index in [1.165, 1.54) is 12.1 Å². The zero-order chi connectivity index (χ0) is 14.0. The van der Waals surface area contributed by atoms with E-state index < -0.39 is 24.6 Å². The highest BCUT2D eigenvalue weighted by atomic mass is 127. The second kappa shape index (κ2) is 5.51. The van der Waals surface area contributed by atoms with E-state index in [-0.39, 0.29) is 0 Å². The molecule has 1 atom stereocenters. The number of hydrogen-bond donors (Lipinski definition) is 0. The van der Waals surface area contributed by atoms with E-state index in [4.69, 9.17) is 0 Å². The number of alkyl halides is 6. The molecule has 0 saturated carbocycles. The molecule has 0 amide bonds. The Bertz CT molecular complexity index is 391. The van der Waals surface area contributed by atoms with Gasteiger partial charge in [-0.15, -0.1) is 13.2 Å². The summed E-state index contributed by atoms with van der Waals surface area (Å²) in [5, 5.41) is 0. The molecule has 1 rings (SSSR count). The average molecular weight is 386 g/mol. The van der Waals surface area contributed by atoms with Crippen molar-refractivity contribution >= 4 is 22.6 Å². The van der Waals surface area contributed by atoms with E-state index in [0.29, 0.717) is 3.57 Å². The molecule has 18 heavy (non-hydrogen) atoms. The third kappa shape index (κ3) is 4.88. The molecule has 9 heteroatoms. The third-order valence-electron chi connectivity index (χ3n) is 1.57. The van der Waals surface area contributed by atoms with Crippen molar-refractivity contribution in [1.29, 1.82) is 0 Å². The minimum absolute atomic E-state index is 0.478. The predicted octanol–water partition coefficient (Wildman–Crippen LogP) is 4.09. The number of rotatable bonds is 4. The van der Waals surface area contributed by atoms with Gasteiger partial charge in [0.2, 0.25) is 0 Å². The summed E-state index contributed by atoms with van der Waals surface area (Å²) in [5.74, 6) is -0.478. The van der Waals surface area contributed by atoms with Crippen LogP contribution in [0, 0.1) is 3.57 Å². The zero-order valence-corrected chi connectivity index (χ0v) is 10.5. The van der Waals surface area contributed by atoms with Gasteiger partial charge in [0.25, 0.3) is 0 Å². The molecule has 0 spiro atoms. The first kappa shape index (κ1) is 15.3. The van der Waals surface area contributed by atoms with E-state index in [1.807, 2.05) is 22.6 Å². The molecule has 0 aliphatic rings. The molecule has 0 aromatic heterocycles. The van der Waals surface area contributed by atoms with Gasteiger partial charge in [-0.3, -0.25) is 0 Å². The monoisotopic (exact) mass is 386 g/mol. The lowest BCUT2D eigenvalue weighted by molar-refractivity contribution is -0.411. The van der Waals surface area contributed by atoms with Crippen LogP contribution in [0.5, 0.6) is 5.75 Å². The van der Waals surface area contributed by atoms with E-state index in [9.17, 15) is 26.3 Å². The van der Waals surface area contributed by atoms with Crippen molar-refractivity contribution < 1.29 is 35.8 Å². The summed E-state index contributed by atoms with van der Waals surface area (Å²) >= 11 is 1.87. The first-order valence-electron chi connectivity index (χ1n) is 4.31. The fourth-order valence-electron chi connectivity index (χ4n) is 0.892. The standard InChI is InChI=1S/C9H5F6IO2/c10-7(18-9(13,14)15)8(11,12)17-6-3-1-5(16)2-4-6/h1-4,7H. The lowest BCUT2D eigenvalue weighted by Gasteiger charge is -2.22. The first-order chi connectivity index (χ1) is 8.10. The maximum Gasteiger partial charge on any atom is 0.525 e. The van der Waals surface area contributed by atoms with Gasteiger partial charge in [0.1, 0.15) is 5.75 Å². The summed E-state index contributed by atoms with van der Waals surface area (Å²) in [6.45, 7) is 0. The minimum Gasteiger partial charge on any atom is -0.429 e. The fourth-order valence-corrected chi connectivity index (χ4v) is 1.25. The van der Waals surface area contributed by atoms with Gasteiger partial charge >= 0.3 is 18.8 Å². The second-order valence-electron chi connectivity index (χ2n) is 3.00. The van der Waals surface area contributed by atoms with E-state index in [1.54, 1.807) is 0 Å². The molecule has 0 heterocycles. The Morgan fingerprint density at radius 1 is 1.00 bits per heavy atom. The topological polar surface area (TPSA) is 18.5 Å². The smallest absolute Gasteiger partial charge is 0.429 e. The summed E-state index contributed by atoms with van der Waals surface area (Å²) in [6.07, 6.45) is -14.2. The number of halogens is 7. The lowest BCUT2D eigenvalue weighted by atomic mass is 10.3. The van der Waals surface area contributed by atoms with Crippen LogP contribution in [-0.4, -0.2) is 18.8 Å². The fraction of sp³-hybridized carbons (Fsp3) is 0.333. The van der Waals surface area contributed by atoms with Crippen molar-refractivity contribution in [2.24, 2.45) is 0 Å². The number of hydrogen-bond acceptors (Lipinski definition) is 2. The van der Waals surface area contributed by atoms with E-state index >= 15 is 0 Å². The molecule has 1 unspecified atom stereocenters. The van der Waals surface area contributed by atoms with Crippen molar-refractivity contribution in [2.45, 2.75) is 18.8 Å². The van der Waals surface area contributed by atoms with Gasteiger partial charge in [-0.25, -0.2) is 9.13 Å². The summed E-state index contributed by atoms with van der Waals surface area (Å²) in [7, 11) is 0. The predicted molar refractivity (Wildman–Crippen MR) is 56.8 cm³/mol. The molecule has 1 aromatic carbocycles. The zero-order valence-electron chi connectivity index (χ0n) is 8.35. The summed E-state index contributed by atoms with van der Waals surface area (Å²) < 4.78 is 80.2. The summed E-state index contributed by atoms with van der Waals surface area (Å²) in [4.78, 5) is 0. The Hall–Kier alpha value is -0.710. The van der Waals surface area contributed by atoms with Gasteiger partial charge < -0.3 is 4.74 Å². The van der Waals surface area contributed by atoms with E-state index in [2.05, 4.69) is 9.47 Å². The van der Waals surface area contributed by atoms with Gasteiger partial charge in [-0.2, -0.15) is 8.78 Å². The van der Waals surface area contributed by atoms with Crippen molar-refractivity contribution in [3.8, 4) is 5.75 Å². The van der Waals surface area contributed by atoms with Crippen molar-refractivity contribution in [2.75, 3.05) is 0 Å². The van der Waals surface area contributed by atoms with Crippen molar-refractivity contribution in [1.82, 2.24) is 0 Å². The lowest BCUT2D eigenvalue weighted by Crippen LogP contribution is -2.41. The maximum absolute atomic E-state index is 12.9. The summed E-state index contributed by atoms with van der Waals surface area (Å²) in [5.41, 5.74) is 0. The van der Waals surface area contributed by atoms with Crippen LogP contribution < -0.4 is 4.74 Å². The molecule has 0 saturated heterocycles. The SMILES string of the molecule is FC(OC(F)(F)F)C(F)(F)Oc1ccc(I)cc1. The Kier molecular flexibility index (Phi) is 4.70. The van der Waals surface area contributed by atoms with Crippen LogP contribution in [0.1, 0.15) is 0 Å². The molecule has 1 aromatic rings. The van der Waals surface area contributed by atoms with Crippen LogP contribution in [-0.2, 0) is 4.74 Å². The average Bonchev–Trinajstić information content (AvgIpc) is 2.18. The van der Waals surface area contributed by atoms with Gasteiger partial charge in [-0.05, 0) is 46.9 Å². The molecule has 2 nitrogen and oxygen atoms in total. The maximum atomic E-state index is 12.9. The second-order valence-corrected chi connectivity index (χ2v) is 4.24. The Labute approximate surface area is 111 Å². The third-order valence-corrected chi connectivity index (χ3v) is 2.29. The van der Waals surface area contributed by atoms with Crippen molar-refractivity contribution in [3.63, 3.8) is 0 Å². The van der Waals surface area contributed by atoms with Crippen molar-refractivity contribution in [3.05, 3.63) is 27.8 Å². The van der Waals surface area contributed by atoms with Gasteiger partial charge in [-0.1, -0.05) is 0 Å². The first-order valence-corrected chi connectivity index (χ1v) is 5.39. The quantitative estimate of drug-likeness (QED) is 0.574. The van der Waals surface area contributed by atoms with E-state index in [0.717, 1.165) is 12.1 Å². The molecule has 0 N–H and O–H groups in total. The summed E-state index contributed by atoms with van der Waals surface area (Å²) in [6, 6.07) is 4.86. The Morgan fingerprint density at radius 3 is 1.94 bits per heavy atom. The van der Waals surface area contributed by atoms with Gasteiger partial charge in [0.05, 0.1) is 0 Å². The molecule has 0 aliphatic carbocycles. The molecule has 0 fully saturated rings. The van der Waals surface area contributed by atoms with Crippen LogP contribution in [0.4, 0.5) is 26.3 Å². The highest BCUT2D eigenvalue weighted by molar-refractivity contribution is 14.1. The highest BCUT2D eigenvalue weighted by Crippen LogP contribution is 2.31. The minimum atomic E-state index is -5.52. The van der Waals surface area contributed by atoms with Crippen LogP contribution in [0.3, 0.4) is 0 Å². The molecule has 0 radical (unpaired) electrons. The van der Waals surface area contributed by atoms with Gasteiger partial charge in [0, 0.05) is 3.57 Å². The Morgan fingerprint density at radius 2 is 1.50 bits per heavy atom. The molecule has 0 aliphatic heterocycles. The Balaban J connectivity index is 2.71. The van der Waals surface area contributed by atoms with Crippen LogP contribution in [0.2, 0.25) is 0 Å². The van der Waals surface area contributed by atoms with Crippen LogP contribution in [0.15, 0.2) is 24.3 Å².